The summed E-state index contributed by atoms with van der Waals surface area (Å²) in [5.41, 5.74) is 7.01. The molecule has 10 heteroatoms. The normalized spacial score (nSPS) is 19.2. The Hall–Kier alpha value is -4.77. The molecule has 1 spiro atoms. The first-order valence-electron chi connectivity index (χ1n) is 18.3. The average Bonchev–Trinajstić information content (AvgIpc) is 3.49. The van der Waals surface area contributed by atoms with Crippen molar-refractivity contribution in [1.29, 1.82) is 0 Å². The minimum Gasteiger partial charge on any atom is -0.476 e. The fourth-order valence-corrected chi connectivity index (χ4v) is 10.6. The molecule has 2 heterocycles. The maximum atomic E-state index is 16.2. The number of urea groups is 1. The number of fused-ring (bicyclic) bond motifs is 3. The molecule has 9 nitrogen and oxygen atoms in total. The molecule has 0 saturated heterocycles. The third-order valence-electron chi connectivity index (χ3n) is 11.4. The first-order chi connectivity index (χ1) is 25.4. The number of carbonyl (C=O) groups is 1. The second kappa shape index (κ2) is 13.0. The predicted octanol–water partition coefficient (Wildman–Crippen LogP) is 7.78. The number of carbonyl (C=O) groups excluding carboxylic acids is 1. The first kappa shape index (κ1) is 33.1. The molecule has 0 bridgehead atoms. The summed E-state index contributed by atoms with van der Waals surface area (Å²) in [5, 5.41) is 7.90. The molecule has 1 saturated carbocycles. The average molecular weight is 714 g/mol. The maximum absolute atomic E-state index is 16.2. The molecule has 2 unspecified atom stereocenters. The fourth-order valence-electron chi connectivity index (χ4n) is 8.67. The number of anilines is 1. The van der Waals surface area contributed by atoms with Crippen molar-refractivity contribution >= 4 is 21.6 Å². The molecule has 1 aromatic heterocycles. The summed E-state index contributed by atoms with van der Waals surface area (Å²) in [6.07, 6.45) is 8.47. The lowest BCUT2D eigenvalue weighted by molar-refractivity contribution is 0.144. The van der Waals surface area contributed by atoms with Crippen molar-refractivity contribution in [3.63, 3.8) is 0 Å². The maximum Gasteiger partial charge on any atom is 0.354 e. The minimum absolute atomic E-state index is 0.0633. The van der Waals surface area contributed by atoms with Gasteiger partial charge < -0.3 is 14.8 Å². The number of aryl methyl sites for hydroxylation is 2. The van der Waals surface area contributed by atoms with E-state index < -0.39 is 21.5 Å². The summed E-state index contributed by atoms with van der Waals surface area (Å²) in [6.45, 7) is 1.76. The molecule has 266 valence electrons. The van der Waals surface area contributed by atoms with Crippen LogP contribution < -0.4 is 14.8 Å². The molecule has 2 N–H and O–H groups in total. The van der Waals surface area contributed by atoms with Crippen LogP contribution in [0.3, 0.4) is 0 Å². The molecular weight excluding hydrogens is 671 g/mol. The summed E-state index contributed by atoms with van der Waals surface area (Å²) < 4.78 is 38.3. The SMILES string of the molecule is COCC1CCc2cc3c(c(NC(=O)N=S(=O)(NC(c4ccccc4)(c4ccccc4)c4ccccc4)c4cnn5c4OCC4(CC4)C5)c21)CCC3. The van der Waals surface area contributed by atoms with Crippen molar-refractivity contribution in [2.45, 2.75) is 67.8 Å². The zero-order valence-electron chi connectivity index (χ0n) is 29.3. The van der Waals surface area contributed by atoms with Crippen LogP contribution >= 0.6 is 0 Å². The third kappa shape index (κ3) is 5.64. The van der Waals surface area contributed by atoms with Gasteiger partial charge in [0.1, 0.15) is 10.4 Å². The summed E-state index contributed by atoms with van der Waals surface area (Å²) in [6, 6.07) is 31.4. The Labute approximate surface area is 305 Å². The van der Waals surface area contributed by atoms with Gasteiger partial charge in [-0.2, -0.15) is 5.10 Å². The number of nitrogens with one attached hydrogen (secondary N) is 2. The van der Waals surface area contributed by atoms with E-state index in [1.165, 1.54) is 11.1 Å². The first-order valence-corrected chi connectivity index (χ1v) is 19.8. The lowest BCUT2D eigenvalue weighted by Gasteiger charge is -2.37. The lowest BCUT2D eigenvalue weighted by Crippen LogP contribution is -2.48. The summed E-state index contributed by atoms with van der Waals surface area (Å²) >= 11 is 0. The Balaban J connectivity index is 1.24. The number of ether oxygens (including phenoxy) is 2. The second-order valence-corrected chi connectivity index (χ2v) is 16.6. The van der Waals surface area contributed by atoms with E-state index in [9.17, 15) is 4.79 Å². The van der Waals surface area contributed by atoms with Crippen LogP contribution in [0.4, 0.5) is 10.5 Å². The molecule has 3 aliphatic carbocycles. The Kier molecular flexibility index (Phi) is 8.29. The number of aromatic nitrogens is 2. The van der Waals surface area contributed by atoms with Crippen molar-refractivity contribution < 1.29 is 18.5 Å². The molecule has 2 atom stereocenters. The number of benzene rings is 4. The van der Waals surface area contributed by atoms with Crippen LogP contribution in [0.1, 0.15) is 70.5 Å². The molecule has 2 amide bonds. The Morgan fingerprint density at radius 1 is 0.962 bits per heavy atom. The van der Waals surface area contributed by atoms with Gasteiger partial charge in [-0.05, 0) is 83.9 Å². The highest BCUT2D eigenvalue weighted by atomic mass is 32.2. The summed E-state index contributed by atoms with van der Waals surface area (Å²) in [4.78, 5) is 14.8. The van der Waals surface area contributed by atoms with E-state index in [-0.39, 0.29) is 16.2 Å². The number of methoxy groups -OCH3 is 1. The van der Waals surface area contributed by atoms with Gasteiger partial charge >= 0.3 is 6.03 Å². The van der Waals surface area contributed by atoms with Gasteiger partial charge in [-0.1, -0.05) is 97.1 Å². The summed E-state index contributed by atoms with van der Waals surface area (Å²) in [7, 11) is -2.11. The van der Waals surface area contributed by atoms with Crippen molar-refractivity contribution in [1.82, 2.24) is 14.5 Å². The molecule has 4 aliphatic rings. The zero-order valence-corrected chi connectivity index (χ0v) is 30.2. The van der Waals surface area contributed by atoms with E-state index in [1.807, 2.05) is 91.0 Å². The van der Waals surface area contributed by atoms with E-state index >= 15 is 4.21 Å². The van der Waals surface area contributed by atoms with Crippen molar-refractivity contribution in [3.8, 4) is 5.88 Å². The predicted molar refractivity (Wildman–Crippen MR) is 201 cm³/mol. The standard InChI is InChI=1S/C42H43N5O4S/c1-50-26-31-21-20-30-24-29-12-11-19-35(29)38(37(30)31)44-40(48)45-52(49,36-25-43-47-27-41(22-23-41)28-51-39(36)47)46-42(32-13-5-2-6-14-32,33-15-7-3-8-16-33)34-17-9-4-10-18-34/h2-10,13-18,24-25,31H,11-12,19-23,26-28H2,1H3,(H2,44,45,46,48,49). The highest BCUT2D eigenvalue weighted by molar-refractivity contribution is 7.92. The van der Waals surface area contributed by atoms with Gasteiger partial charge in [0.2, 0.25) is 5.88 Å². The Morgan fingerprint density at radius 2 is 1.62 bits per heavy atom. The number of rotatable bonds is 9. The number of nitrogens with zero attached hydrogens (tertiary/aromatic N) is 3. The number of hydrogen-bond acceptors (Lipinski definition) is 5. The second-order valence-electron chi connectivity index (χ2n) is 14.8. The van der Waals surface area contributed by atoms with Crippen molar-refractivity contribution in [2.24, 2.45) is 9.78 Å². The number of amides is 2. The monoisotopic (exact) mass is 713 g/mol. The van der Waals surface area contributed by atoms with Gasteiger partial charge in [-0.25, -0.2) is 18.4 Å². The van der Waals surface area contributed by atoms with Crippen LogP contribution in [0, 0.1) is 5.41 Å². The van der Waals surface area contributed by atoms with E-state index in [2.05, 4.69) is 21.2 Å². The van der Waals surface area contributed by atoms with Gasteiger partial charge in [0.15, 0.2) is 9.92 Å². The quantitative estimate of drug-likeness (QED) is 0.152. The largest absolute Gasteiger partial charge is 0.476 e. The van der Waals surface area contributed by atoms with E-state index in [0.717, 1.165) is 78.5 Å². The van der Waals surface area contributed by atoms with Crippen LogP contribution in [0.5, 0.6) is 5.88 Å². The van der Waals surface area contributed by atoms with E-state index in [0.29, 0.717) is 25.6 Å². The van der Waals surface area contributed by atoms with Gasteiger partial charge in [0.05, 0.1) is 26.0 Å². The molecule has 9 rings (SSSR count). The molecule has 1 aliphatic heterocycles. The van der Waals surface area contributed by atoms with Gasteiger partial charge in [-0.3, -0.25) is 0 Å². The summed E-state index contributed by atoms with van der Waals surface area (Å²) in [5.74, 6) is 0.549. The molecule has 5 aromatic rings. The highest BCUT2D eigenvalue weighted by Gasteiger charge is 2.49. The van der Waals surface area contributed by atoms with Crippen LogP contribution in [0.2, 0.25) is 0 Å². The number of hydrogen-bond donors (Lipinski definition) is 2. The van der Waals surface area contributed by atoms with Gasteiger partial charge in [-0.15, -0.1) is 4.36 Å². The van der Waals surface area contributed by atoms with Crippen molar-refractivity contribution in [3.05, 3.63) is 142 Å². The van der Waals surface area contributed by atoms with Crippen LogP contribution in [0.25, 0.3) is 0 Å². The molecular formula is C42H43N5O4S. The Bertz CT molecular complexity index is 2160. The minimum atomic E-state index is -3.83. The Morgan fingerprint density at radius 3 is 2.23 bits per heavy atom. The smallest absolute Gasteiger partial charge is 0.354 e. The van der Waals surface area contributed by atoms with Crippen LogP contribution in [-0.4, -0.2) is 40.3 Å². The van der Waals surface area contributed by atoms with E-state index in [1.54, 1.807) is 18.0 Å². The third-order valence-corrected chi connectivity index (χ3v) is 13.3. The zero-order chi connectivity index (χ0) is 35.3. The topological polar surface area (TPSA) is 107 Å². The highest BCUT2D eigenvalue weighted by Crippen LogP contribution is 2.51. The molecule has 0 radical (unpaired) electrons. The lowest BCUT2D eigenvalue weighted by atomic mass is 9.78. The van der Waals surface area contributed by atoms with E-state index in [4.69, 9.17) is 13.8 Å². The van der Waals surface area contributed by atoms with Crippen molar-refractivity contribution in [2.75, 3.05) is 25.6 Å². The van der Waals surface area contributed by atoms with Crippen LogP contribution in [0.15, 0.2) is 113 Å². The molecule has 4 aromatic carbocycles. The molecule has 52 heavy (non-hydrogen) atoms. The van der Waals surface area contributed by atoms with Gasteiger partial charge in [0.25, 0.3) is 0 Å². The van der Waals surface area contributed by atoms with Crippen LogP contribution in [-0.2, 0) is 46.0 Å². The fraction of sp³-hybridized carbons (Fsp3) is 0.333. The van der Waals surface area contributed by atoms with Gasteiger partial charge in [0, 0.05) is 24.1 Å². The molecule has 1 fully saturated rings.